The maximum Gasteiger partial charge on any atom is 0.335 e. The van der Waals surface area contributed by atoms with Crippen molar-refractivity contribution < 1.29 is 22.7 Å². The molecule has 0 aliphatic heterocycles. The Morgan fingerprint density at radius 2 is 2.05 bits per heavy atom. The van der Waals surface area contributed by atoms with Gasteiger partial charge in [0.1, 0.15) is 10.7 Å². The highest BCUT2D eigenvalue weighted by Crippen LogP contribution is 2.21. The fourth-order valence-electron chi connectivity index (χ4n) is 1.62. The zero-order valence-electron chi connectivity index (χ0n) is 10.9. The third kappa shape index (κ3) is 3.16. The maximum absolute atomic E-state index is 13.8. The van der Waals surface area contributed by atoms with Gasteiger partial charge in [0.15, 0.2) is 0 Å². The van der Waals surface area contributed by atoms with E-state index in [4.69, 9.17) is 5.11 Å². The van der Waals surface area contributed by atoms with Gasteiger partial charge in [-0.05, 0) is 36.8 Å². The molecule has 0 radical (unpaired) electrons. The number of carbonyl (C=O) groups is 1. The molecule has 0 saturated carbocycles. The van der Waals surface area contributed by atoms with E-state index in [1.165, 1.54) is 12.4 Å². The number of nitrogens with zero attached hydrogens (tertiary/aromatic N) is 1. The third-order valence-corrected chi connectivity index (χ3v) is 4.15. The lowest BCUT2D eigenvalue weighted by molar-refractivity contribution is 0.0696. The van der Waals surface area contributed by atoms with Gasteiger partial charge in [0.25, 0.3) is 10.0 Å². The summed E-state index contributed by atoms with van der Waals surface area (Å²) in [5.74, 6) is -2.47. The average molecular weight is 310 g/mol. The van der Waals surface area contributed by atoms with E-state index in [-0.39, 0.29) is 11.3 Å². The topological polar surface area (TPSA) is 96.4 Å². The Balaban J connectivity index is 2.41. The molecule has 2 rings (SSSR count). The van der Waals surface area contributed by atoms with Crippen molar-refractivity contribution in [2.75, 3.05) is 4.72 Å². The molecule has 0 fully saturated rings. The summed E-state index contributed by atoms with van der Waals surface area (Å²) in [7, 11) is -4.17. The number of aromatic carboxylic acids is 1. The number of benzene rings is 1. The van der Waals surface area contributed by atoms with Gasteiger partial charge in [-0.25, -0.2) is 17.6 Å². The van der Waals surface area contributed by atoms with Crippen LogP contribution in [0.25, 0.3) is 0 Å². The molecule has 0 amide bonds. The van der Waals surface area contributed by atoms with Crippen molar-refractivity contribution in [3.8, 4) is 0 Å². The van der Waals surface area contributed by atoms with Crippen molar-refractivity contribution in [1.82, 2.24) is 4.98 Å². The number of hydrogen-bond acceptors (Lipinski definition) is 4. The highest BCUT2D eigenvalue weighted by molar-refractivity contribution is 7.92. The molecular weight excluding hydrogens is 299 g/mol. The average Bonchev–Trinajstić information content (AvgIpc) is 2.40. The highest BCUT2D eigenvalue weighted by Gasteiger charge is 2.21. The van der Waals surface area contributed by atoms with Gasteiger partial charge < -0.3 is 5.11 Å². The van der Waals surface area contributed by atoms with Gasteiger partial charge in [0, 0.05) is 6.20 Å². The van der Waals surface area contributed by atoms with Gasteiger partial charge in [0.2, 0.25) is 0 Å². The minimum absolute atomic E-state index is 0.221. The van der Waals surface area contributed by atoms with Crippen molar-refractivity contribution in [2.24, 2.45) is 0 Å². The molecule has 0 bridgehead atoms. The molecule has 8 heteroatoms. The summed E-state index contributed by atoms with van der Waals surface area (Å²) in [6.45, 7) is 1.67. The molecule has 0 saturated heterocycles. The van der Waals surface area contributed by atoms with Gasteiger partial charge in [0.05, 0.1) is 17.4 Å². The second-order valence-corrected chi connectivity index (χ2v) is 5.90. The van der Waals surface area contributed by atoms with Gasteiger partial charge in [-0.15, -0.1) is 0 Å². The first kappa shape index (κ1) is 14.9. The Bertz CT molecular complexity index is 806. The molecule has 0 aliphatic rings. The first-order valence-electron chi connectivity index (χ1n) is 5.77. The Labute approximate surface area is 120 Å². The molecule has 0 unspecified atom stereocenters. The summed E-state index contributed by atoms with van der Waals surface area (Å²) in [4.78, 5) is 13.9. The number of anilines is 1. The Kier molecular flexibility index (Phi) is 3.90. The quantitative estimate of drug-likeness (QED) is 0.900. The zero-order chi connectivity index (χ0) is 15.6. The number of nitrogens with one attached hydrogen (secondary N) is 1. The van der Waals surface area contributed by atoms with E-state index < -0.39 is 26.7 Å². The predicted octanol–water partition coefficient (Wildman–Crippen LogP) is 2.03. The molecule has 6 nitrogen and oxygen atoms in total. The van der Waals surface area contributed by atoms with Crippen LogP contribution in [0.15, 0.2) is 41.6 Å². The van der Waals surface area contributed by atoms with Crippen LogP contribution in [-0.4, -0.2) is 24.5 Å². The van der Waals surface area contributed by atoms with E-state index in [1.807, 2.05) is 0 Å². The van der Waals surface area contributed by atoms with Crippen LogP contribution in [0.4, 0.5) is 10.1 Å². The van der Waals surface area contributed by atoms with Crippen molar-refractivity contribution in [1.29, 1.82) is 0 Å². The molecule has 21 heavy (non-hydrogen) atoms. The van der Waals surface area contributed by atoms with E-state index in [0.717, 1.165) is 12.1 Å². The van der Waals surface area contributed by atoms with E-state index in [2.05, 4.69) is 9.71 Å². The molecule has 0 spiro atoms. The SMILES string of the molecule is Cc1ccncc1NS(=O)(=O)c1ccc(C(=O)O)cc1F. The van der Waals surface area contributed by atoms with Crippen LogP contribution in [0.5, 0.6) is 0 Å². The van der Waals surface area contributed by atoms with Gasteiger partial charge >= 0.3 is 5.97 Å². The van der Waals surface area contributed by atoms with Crippen LogP contribution in [0, 0.1) is 12.7 Å². The molecule has 1 aromatic carbocycles. The summed E-state index contributed by atoms with van der Waals surface area (Å²) in [6, 6.07) is 4.19. The number of pyridine rings is 1. The molecule has 2 aromatic rings. The molecule has 2 N–H and O–H groups in total. The van der Waals surface area contributed by atoms with Crippen LogP contribution >= 0.6 is 0 Å². The Morgan fingerprint density at radius 1 is 1.33 bits per heavy atom. The van der Waals surface area contributed by atoms with Gasteiger partial charge in [-0.2, -0.15) is 0 Å². The van der Waals surface area contributed by atoms with Crippen molar-refractivity contribution >= 4 is 21.7 Å². The van der Waals surface area contributed by atoms with E-state index in [9.17, 15) is 17.6 Å². The Hall–Kier alpha value is -2.48. The normalized spacial score (nSPS) is 11.1. The molecule has 1 heterocycles. The van der Waals surface area contributed by atoms with Crippen LogP contribution < -0.4 is 4.72 Å². The third-order valence-electron chi connectivity index (χ3n) is 2.75. The highest BCUT2D eigenvalue weighted by atomic mass is 32.2. The maximum atomic E-state index is 13.8. The molecule has 0 atom stereocenters. The fourth-order valence-corrected chi connectivity index (χ4v) is 2.80. The standard InChI is InChI=1S/C13H11FN2O4S/c1-8-4-5-15-7-11(8)16-21(19,20)12-3-2-9(13(17)18)6-10(12)14/h2-7,16H,1H3,(H,17,18). The second kappa shape index (κ2) is 5.49. The first-order chi connectivity index (χ1) is 9.81. The second-order valence-electron chi connectivity index (χ2n) is 4.25. The summed E-state index contributed by atoms with van der Waals surface area (Å²) < 4.78 is 40.3. The van der Waals surface area contributed by atoms with Crippen molar-refractivity contribution in [2.45, 2.75) is 11.8 Å². The number of halogens is 1. The fraction of sp³-hybridized carbons (Fsp3) is 0.0769. The van der Waals surface area contributed by atoms with E-state index >= 15 is 0 Å². The minimum atomic E-state index is -4.17. The summed E-state index contributed by atoms with van der Waals surface area (Å²) in [5, 5.41) is 8.73. The van der Waals surface area contributed by atoms with Crippen LogP contribution in [-0.2, 0) is 10.0 Å². The number of hydrogen-bond donors (Lipinski definition) is 2. The first-order valence-corrected chi connectivity index (χ1v) is 7.26. The Morgan fingerprint density at radius 3 is 2.62 bits per heavy atom. The monoisotopic (exact) mass is 310 g/mol. The number of aryl methyl sites for hydroxylation is 1. The summed E-state index contributed by atoms with van der Waals surface area (Å²) >= 11 is 0. The number of carboxylic acid groups (broad SMARTS) is 1. The lowest BCUT2D eigenvalue weighted by Gasteiger charge is -2.10. The molecular formula is C13H11FN2O4S. The van der Waals surface area contributed by atoms with Gasteiger partial charge in [-0.3, -0.25) is 9.71 Å². The summed E-state index contributed by atoms with van der Waals surface area (Å²) in [5.41, 5.74) is 0.513. The minimum Gasteiger partial charge on any atom is -0.478 e. The van der Waals surface area contributed by atoms with Crippen LogP contribution in [0.3, 0.4) is 0 Å². The largest absolute Gasteiger partial charge is 0.478 e. The zero-order valence-corrected chi connectivity index (χ0v) is 11.7. The molecule has 1 aromatic heterocycles. The van der Waals surface area contributed by atoms with Crippen LogP contribution in [0.2, 0.25) is 0 Å². The molecule has 0 aliphatic carbocycles. The van der Waals surface area contributed by atoms with Crippen molar-refractivity contribution in [3.63, 3.8) is 0 Å². The lowest BCUT2D eigenvalue weighted by atomic mass is 10.2. The van der Waals surface area contributed by atoms with Crippen molar-refractivity contribution in [3.05, 3.63) is 53.6 Å². The number of rotatable bonds is 4. The van der Waals surface area contributed by atoms with E-state index in [0.29, 0.717) is 11.6 Å². The van der Waals surface area contributed by atoms with E-state index in [1.54, 1.807) is 13.0 Å². The smallest absolute Gasteiger partial charge is 0.335 e. The van der Waals surface area contributed by atoms with Gasteiger partial charge in [-0.1, -0.05) is 0 Å². The number of aromatic nitrogens is 1. The van der Waals surface area contributed by atoms with Crippen LogP contribution in [0.1, 0.15) is 15.9 Å². The number of carboxylic acids is 1. The molecule has 110 valence electrons. The lowest BCUT2D eigenvalue weighted by Crippen LogP contribution is -2.16. The number of sulfonamides is 1. The summed E-state index contributed by atoms with van der Waals surface area (Å²) in [6.07, 6.45) is 2.80. The predicted molar refractivity (Wildman–Crippen MR) is 73.1 cm³/mol.